The Bertz CT molecular complexity index is 222. The third-order valence-corrected chi connectivity index (χ3v) is 2.37. The number of aryl methyl sites for hydroxylation is 1. The van der Waals surface area contributed by atoms with Gasteiger partial charge < -0.3 is 5.11 Å². The molecular formula is C7H12N2OS. The Morgan fingerprint density at radius 2 is 2.55 bits per heavy atom. The Morgan fingerprint density at radius 3 is 3.00 bits per heavy atom. The van der Waals surface area contributed by atoms with Crippen molar-refractivity contribution in [2.75, 3.05) is 5.75 Å². The van der Waals surface area contributed by atoms with Gasteiger partial charge in [0.25, 0.3) is 0 Å². The van der Waals surface area contributed by atoms with Gasteiger partial charge in [0.05, 0.1) is 12.3 Å². The van der Waals surface area contributed by atoms with E-state index in [-0.39, 0.29) is 6.10 Å². The Labute approximate surface area is 70.4 Å². The van der Waals surface area contributed by atoms with Crippen LogP contribution in [0.25, 0.3) is 0 Å². The maximum atomic E-state index is 8.97. The first-order chi connectivity index (χ1) is 5.18. The fourth-order valence-corrected chi connectivity index (χ4v) is 1.47. The highest BCUT2D eigenvalue weighted by Gasteiger charge is 1.99. The summed E-state index contributed by atoms with van der Waals surface area (Å²) >= 11 is 1.62. The zero-order valence-electron chi connectivity index (χ0n) is 6.69. The van der Waals surface area contributed by atoms with Gasteiger partial charge in [-0.15, -0.1) is 11.8 Å². The summed E-state index contributed by atoms with van der Waals surface area (Å²) in [5, 5.41) is 13.0. The highest BCUT2D eigenvalue weighted by molar-refractivity contribution is 7.99. The molecule has 0 aliphatic heterocycles. The van der Waals surface area contributed by atoms with E-state index < -0.39 is 0 Å². The molecule has 1 aromatic heterocycles. The van der Waals surface area contributed by atoms with Crippen molar-refractivity contribution in [3.05, 3.63) is 12.4 Å². The molecular weight excluding hydrogens is 160 g/mol. The van der Waals surface area contributed by atoms with Gasteiger partial charge >= 0.3 is 0 Å². The first-order valence-electron chi connectivity index (χ1n) is 3.48. The molecule has 0 spiro atoms. The predicted molar refractivity (Wildman–Crippen MR) is 45.6 cm³/mol. The molecule has 0 aliphatic rings. The second-order valence-corrected chi connectivity index (χ2v) is 3.60. The molecule has 0 amide bonds. The summed E-state index contributed by atoms with van der Waals surface area (Å²) in [4.78, 5) is 1.11. The van der Waals surface area contributed by atoms with Crippen LogP contribution in [0, 0.1) is 0 Å². The van der Waals surface area contributed by atoms with E-state index in [1.54, 1.807) is 29.6 Å². The van der Waals surface area contributed by atoms with Crippen LogP contribution in [0.15, 0.2) is 17.3 Å². The molecule has 0 aliphatic carbocycles. The number of aliphatic hydroxyl groups is 1. The lowest BCUT2D eigenvalue weighted by atomic mass is 10.5. The number of aromatic nitrogens is 2. The summed E-state index contributed by atoms with van der Waals surface area (Å²) in [6, 6.07) is 0. The predicted octanol–water partition coefficient (Wildman–Crippen LogP) is 0.893. The van der Waals surface area contributed by atoms with E-state index in [1.165, 1.54) is 0 Å². The van der Waals surface area contributed by atoms with Crippen molar-refractivity contribution < 1.29 is 5.11 Å². The minimum absolute atomic E-state index is 0.250. The zero-order valence-corrected chi connectivity index (χ0v) is 7.51. The molecule has 0 bridgehead atoms. The monoisotopic (exact) mass is 172 g/mol. The van der Waals surface area contributed by atoms with E-state index >= 15 is 0 Å². The van der Waals surface area contributed by atoms with Crippen molar-refractivity contribution in [3.63, 3.8) is 0 Å². The topological polar surface area (TPSA) is 38.1 Å². The molecule has 1 unspecified atom stereocenters. The molecule has 1 N–H and O–H groups in total. The molecule has 1 aromatic rings. The summed E-state index contributed by atoms with van der Waals surface area (Å²) in [7, 11) is 1.88. The molecule has 0 fully saturated rings. The van der Waals surface area contributed by atoms with Crippen LogP contribution >= 0.6 is 11.8 Å². The van der Waals surface area contributed by atoms with Crippen molar-refractivity contribution in [1.29, 1.82) is 0 Å². The number of nitrogens with zero attached hydrogens (tertiary/aromatic N) is 2. The van der Waals surface area contributed by atoms with Gasteiger partial charge in [-0.2, -0.15) is 5.10 Å². The number of aliphatic hydroxyl groups excluding tert-OH is 1. The average molecular weight is 172 g/mol. The van der Waals surface area contributed by atoms with Gasteiger partial charge in [-0.25, -0.2) is 0 Å². The van der Waals surface area contributed by atoms with E-state index in [9.17, 15) is 0 Å². The normalized spacial score (nSPS) is 13.4. The minimum Gasteiger partial charge on any atom is -0.393 e. The summed E-state index contributed by atoms with van der Waals surface area (Å²) in [5.41, 5.74) is 0. The number of hydrogen-bond donors (Lipinski definition) is 1. The van der Waals surface area contributed by atoms with Gasteiger partial charge in [0.1, 0.15) is 0 Å². The third kappa shape index (κ3) is 2.95. The highest BCUT2D eigenvalue weighted by Crippen LogP contribution is 2.16. The van der Waals surface area contributed by atoms with Gasteiger partial charge in [-0.3, -0.25) is 4.68 Å². The average Bonchev–Trinajstić information content (AvgIpc) is 2.31. The molecule has 11 heavy (non-hydrogen) atoms. The number of thioether (sulfide) groups is 1. The summed E-state index contributed by atoms with van der Waals surface area (Å²) in [6.07, 6.45) is 3.49. The van der Waals surface area contributed by atoms with Gasteiger partial charge in [0.2, 0.25) is 0 Å². The molecule has 3 nitrogen and oxygen atoms in total. The third-order valence-electron chi connectivity index (χ3n) is 1.17. The smallest absolute Gasteiger partial charge is 0.0625 e. The van der Waals surface area contributed by atoms with Crippen LogP contribution in [-0.4, -0.2) is 26.7 Å². The van der Waals surface area contributed by atoms with E-state index in [0.29, 0.717) is 0 Å². The van der Waals surface area contributed by atoms with Crippen LogP contribution in [0.3, 0.4) is 0 Å². The van der Waals surface area contributed by atoms with E-state index in [1.807, 2.05) is 13.2 Å². The maximum absolute atomic E-state index is 8.97. The lowest BCUT2D eigenvalue weighted by Gasteiger charge is -1.99. The molecule has 1 rings (SSSR count). The molecule has 0 radical (unpaired) electrons. The fraction of sp³-hybridized carbons (Fsp3) is 0.571. The van der Waals surface area contributed by atoms with Crippen LogP contribution < -0.4 is 0 Å². The number of rotatable bonds is 3. The molecule has 0 aromatic carbocycles. The lowest BCUT2D eigenvalue weighted by Crippen LogP contribution is -2.01. The Kier molecular flexibility index (Phi) is 2.96. The molecule has 1 heterocycles. The van der Waals surface area contributed by atoms with Crippen molar-refractivity contribution in [3.8, 4) is 0 Å². The lowest BCUT2D eigenvalue weighted by molar-refractivity contribution is 0.220. The molecule has 1 atom stereocenters. The van der Waals surface area contributed by atoms with Crippen LogP contribution in [0.1, 0.15) is 6.92 Å². The van der Waals surface area contributed by atoms with Crippen LogP contribution in [0.4, 0.5) is 0 Å². The van der Waals surface area contributed by atoms with Crippen molar-refractivity contribution >= 4 is 11.8 Å². The SMILES string of the molecule is CC(O)CSc1cnn(C)c1. The largest absolute Gasteiger partial charge is 0.393 e. The van der Waals surface area contributed by atoms with Gasteiger partial charge in [-0.05, 0) is 6.92 Å². The first kappa shape index (κ1) is 8.62. The van der Waals surface area contributed by atoms with Gasteiger partial charge in [0, 0.05) is 23.9 Å². The second-order valence-electron chi connectivity index (χ2n) is 2.51. The van der Waals surface area contributed by atoms with Crippen LogP contribution in [0.2, 0.25) is 0 Å². The molecule has 0 saturated heterocycles. The van der Waals surface area contributed by atoms with E-state index in [0.717, 1.165) is 10.6 Å². The Balaban J connectivity index is 2.39. The summed E-state index contributed by atoms with van der Waals surface area (Å²) in [6.45, 7) is 1.78. The first-order valence-corrected chi connectivity index (χ1v) is 4.46. The zero-order chi connectivity index (χ0) is 8.27. The second kappa shape index (κ2) is 3.78. The fourth-order valence-electron chi connectivity index (χ4n) is 0.690. The summed E-state index contributed by atoms with van der Waals surface area (Å²) in [5.74, 6) is 0.728. The van der Waals surface area contributed by atoms with Crippen molar-refractivity contribution in [2.45, 2.75) is 17.9 Å². The highest BCUT2D eigenvalue weighted by atomic mass is 32.2. The van der Waals surface area contributed by atoms with Gasteiger partial charge in [0.15, 0.2) is 0 Å². The summed E-state index contributed by atoms with van der Waals surface area (Å²) < 4.78 is 1.75. The van der Waals surface area contributed by atoms with Crippen molar-refractivity contribution in [2.24, 2.45) is 7.05 Å². The van der Waals surface area contributed by atoms with E-state index in [4.69, 9.17) is 5.11 Å². The van der Waals surface area contributed by atoms with Gasteiger partial charge in [-0.1, -0.05) is 0 Å². The molecule has 62 valence electrons. The quantitative estimate of drug-likeness (QED) is 0.688. The minimum atomic E-state index is -0.250. The number of hydrogen-bond acceptors (Lipinski definition) is 3. The molecule has 4 heteroatoms. The standard InChI is InChI=1S/C7H12N2OS/c1-6(10)5-11-7-3-8-9(2)4-7/h3-4,6,10H,5H2,1-2H3. The van der Waals surface area contributed by atoms with Crippen LogP contribution in [-0.2, 0) is 7.05 Å². The maximum Gasteiger partial charge on any atom is 0.0625 e. The van der Waals surface area contributed by atoms with Crippen LogP contribution in [0.5, 0.6) is 0 Å². The Hall–Kier alpha value is -0.480. The van der Waals surface area contributed by atoms with E-state index in [2.05, 4.69) is 5.10 Å². The van der Waals surface area contributed by atoms with Crippen molar-refractivity contribution in [1.82, 2.24) is 9.78 Å². The molecule has 0 saturated carbocycles. The Morgan fingerprint density at radius 1 is 1.82 bits per heavy atom.